The molecule has 0 spiro atoms. The second-order valence-electron chi connectivity index (χ2n) is 7.30. The van der Waals surface area contributed by atoms with Gasteiger partial charge < -0.3 is 15.6 Å². The number of benzene rings is 1. The molecule has 1 atom stereocenters. The van der Waals surface area contributed by atoms with Gasteiger partial charge in [-0.25, -0.2) is 14.5 Å². The predicted molar refractivity (Wildman–Crippen MR) is 106 cm³/mol. The molecule has 152 valence electrons. The van der Waals surface area contributed by atoms with E-state index in [2.05, 4.69) is 0 Å². The summed E-state index contributed by atoms with van der Waals surface area (Å²) in [5, 5.41) is 9.15. The number of nitrogens with zero attached hydrogens (tertiary/aromatic N) is 1. The molecule has 1 aromatic rings. The minimum absolute atomic E-state index is 0.113. The molecule has 1 unspecified atom stereocenters. The number of carbonyl (C=O) groups excluding carboxylic acids is 1. The molecule has 0 aromatic heterocycles. The summed E-state index contributed by atoms with van der Waals surface area (Å²) in [6.07, 6.45) is 1.84. The van der Waals surface area contributed by atoms with Gasteiger partial charge in [-0.15, -0.1) is 0 Å². The number of carbonyl (C=O) groups is 2. The highest BCUT2D eigenvalue weighted by Gasteiger charge is 2.26. The van der Waals surface area contributed by atoms with Crippen molar-refractivity contribution in [3.05, 3.63) is 24.3 Å². The summed E-state index contributed by atoms with van der Waals surface area (Å²) >= 11 is 0. The van der Waals surface area contributed by atoms with E-state index < -0.39 is 28.6 Å². The summed E-state index contributed by atoms with van der Waals surface area (Å²) in [6.45, 7) is 5.19. The first-order valence-electron chi connectivity index (χ1n) is 9.07. The molecular formula is C19H30N2O5S. The van der Waals surface area contributed by atoms with Crippen LogP contribution in [0, 0.1) is 0 Å². The van der Waals surface area contributed by atoms with Gasteiger partial charge in [-0.3, -0.25) is 4.21 Å². The Bertz CT molecular complexity index is 640. The topological polar surface area (TPSA) is 110 Å². The van der Waals surface area contributed by atoms with E-state index in [0.717, 1.165) is 30.6 Å². The van der Waals surface area contributed by atoms with Crippen LogP contribution in [0.25, 0.3) is 0 Å². The smallest absolute Gasteiger partial charge is 0.419 e. The number of hydrogen-bond donors (Lipinski definition) is 2. The van der Waals surface area contributed by atoms with Crippen molar-refractivity contribution in [3.63, 3.8) is 0 Å². The zero-order valence-corrected chi connectivity index (χ0v) is 17.1. The Morgan fingerprint density at radius 3 is 2.19 bits per heavy atom. The zero-order valence-electron chi connectivity index (χ0n) is 16.3. The molecule has 0 aliphatic rings. The molecular weight excluding hydrogens is 368 g/mol. The third kappa shape index (κ3) is 9.42. The molecule has 1 aromatic carbocycles. The fraction of sp³-hybridized carbons (Fsp3) is 0.579. The van der Waals surface area contributed by atoms with Gasteiger partial charge in [0.15, 0.2) is 0 Å². The molecule has 7 nitrogen and oxygen atoms in total. The van der Waals surface area contributed by atoms with Gasteiger partial charge in [0.25, 0.3) is 0 Å². The number of carboxylic acid groups (broad SMARTS) is 1. The maximum absolute atomic E-state index is 12.1. The molecule has 0 radical (unpaired) electrons. The third-order valence-corrected chi connectivity index (χ3v) is 5.16. The first-order chi connectivity index (χ1) is 12.6. The van der Waals surface area contributed by atoms with E-state index in [-0.39, 0.29) is 6.54 Å². The minimum Gasteiger partial charge on any atom is -0.465 e. The first-order valence-corrected chi connectivity index (χ1v) is 10.4. The van der Waals surface area contributed by atoms with Crippen molar-refractivity contribution < 1.29 is 23.6 Å². The Labute approximate surface area is 163 Å². The lowest BCUT2D eigenvalue weighted by atomic mass is 10.1. The van der Waals surface area contributed by atoms with Crippen molar-refractivity contribution in [2.24, 2.45) is 0 Å². The van der Waals surface area contributed by atoms with Gasteiger partial charge >= 0.3 is 12.2 Å². The highest BCUT2D eigenvalue weighted by Crippen LogP contribution is 2.14. The van der Waals surface area contributed by atoms with Gasteiger partial charge in [0, 0.05) is 22.9 Å². The van der Waals surface area contributed by atoms with Gasteiger partial charge in [0.1, 0.15) is 5.60 Å². The number of hydrogen-bond acceptors (Lipinski definition) is 5. The summed E-state index contributed by atoms with van der Waals surface area (Å²) in [6, 6.07) is 7.05. The molecule has 2 amide bonds. The maximum Gasteiger partial charge on any atom is 0.419 e. The second kappa shape index (κ2) is 10.9. The quantitative estimate of drug-likeness (QED) is 0.475. The molecule has 0 aliphatic heterocycles. The highest BCUT2D eigenvalue weighted by atomic mass is 32.2. The van der Waals surface area contributed by atoms with Crippen LogP contribution in [0.2, 0.25) is 0 Å². The lowest BCUT2D eigenvalue weighted by molar-refractivity contribution is 0.0267. The molecule has 0 bridgehead atoms. The number of nitrogens with two attached hydrogens (primary N) is 1. The number of rotatable bonds is 9. The molecule has 1 rings (SSSR count). The summed E-state index contributed by atoms with van der Waals surface area (Å²) in [7, 11) is -1.03. The minimum atomic E-state index is -1.30. The molecule has 8 heteroatoms. The van der Waals surface area contributed by atoms with Gasteiger partial charge in [0.05, 0.1) is 10.8 Å². The molecule has 0 fully saturated rings. The lowest BCUT2D eigenvalue weighted by Gasteiger charge is -2.24. The Morgan fingerprint density at radius 1 is 1.07 bits per heavy atom. The maximum atomic E-state index is 12.1. The van der Waals surface area contributed by atoms with E-state index in [0.29, 0.717) is 22.8 Å². The van der Waals surface area contributed by atoms with E-state index in [1.807, 2.05) is 0 Å². The number of anilines is 1. The summed E-state index contributed by atoms with van der Waals surface area (Å²) < 4.78 is 17.2. The summed E-state index contributed by atoms with van der Waals surface area (Å²) in [5.41, 5.74) is 5.53. The second-order valence-corrected chi connectivity index (χ2v) is 8.87. The standard InChI is InChI=1S/C19H30N2O5S/c1-19(2,3)26-18(24)21(17(22)23)13-7-5-4-6-8-14-27(25)16-11-9-15(20)10-12-16/h9-12H,4-8,13-14,20H2,1-3H3,(H,22,23). The fourth-order valence-electron chi connectivity index (χ4n) is 2.35. The van der Waals surface area contributed by atoms with Crippen LogP contribution in [0.1, 0.15) is 52.9 Å². The molecule has 3 N–H and O–H groups in total. The van der Waals surface area contributed by atoms with Gasteiger partial charge in [-0.1, -0.05) is 19.3 Å². The van der Waals surface area contributed by atoms with Crippen molar-refractivity contribution in [2.45, 2.75) is 63.4 Å². The van der Waals surface area contributed by atoms with E-state index in [1.165, 1.54) is 0 Å². The normalized spacial score (nSPS) is 12.4. The fourth-order valence-corrected chi connectivity index (χ4v) is 3.49. The molecule has 0 aliphatic carbocycles. The monoisotopic (exact) mass is 398 g/mol. The van der Waals surface area contributed by atoms with Crippen LogP contribution in [0.5, 0.6) is 0 Å². The largest absolute Gasteiger partial charge is 0.465 e. The van der Waals surface area contributed by atoms with Crippen molar-refractivity contribution in [3.8, 4) is 0 Å². The Balaban J connectivity index is 2.23. The molecule has 0 saturated heterocycles. The van der Waals surface area contributed by atoms with Crippen molar-refractivity contribution in [1.29, 1.82) is 0 Å². The number of imide groups is 1. The van der Waals surface area contributed by atoms with Gasteiger partial charge in [-0.2, -0.15) is 0 Å². The van der Waals surface area contributed by atoms with Crippen LogP contribution >= 0.6 is 0 Å². The van der Waals surface area contributed by atoms with Crippen molar-refractivity contribution in [1.82, 2.24) is 4.90 Å². The number of ether oxygens (including phenoxy) is 1. The Morgan fingerprint density at radius 2 is 1.63 bits per heavy atom. The van der Waals surface area contributed by atoms with Crippen LogP contribution in [-0.2, 0) is 15.5 Å². The van der Waals surface area contributed by atoms with Crippen LogP contribution < -0.4 is 5.73 Å². The van der Waals surface area contributed by atoms with Crippen molar-refractivity contribution >= 4 is 28.7 Å². The third-order valence-electron chi connectivity index (χ3n) is 3.70. The SMILES string of the molecule is CC(C)(C)OC(=O)N(CCCCCCCS(=O)c1ccc(N)cc1)C(=O)O. The average molecular weight is 399 g/mol. The van der Waals surface area contributed by atoms with Crippen LogP contribution in [0.15, 0.2) is 29.2 Å². The van der Waals surface area contributed by atoms with Gasteiger partial charge in [-0.05, 0) is 57.9 Å². The van der Waals surface area contributed by atoms with Crippen molar-refractivity contribution in [2.75, 3.05) is 18.0 Å². The Hall–Kier alpha value is -2.09. The van der Waals surface area contributed by atoms with Crippen LogP contribution in [-0.4, -0.2) is 44.3 Å². The number of nitrogen functional groups attached to an aromatic ring is 1. The molecule has 27 heavy (non-hydrogen) atoms. The van der Waals surface area contributed by atoms with Crippen LogP contribution in [0.4, 0.5) is 15.3 Å². The average Bonchev–Trinajstić information content (AvgIpc) is 2.55. The van der Waals surface area contributed by atoms with E-state index in [9.17, 15) is 13.8 Å². The first kappa shape index (κ1) is 23.0. The number of amides is 2. The molecule has 0 saturated carbocycles. The summed E-state index contributed by atoms with van der Waals surface area (Å²) in [5.74, 6) is 0.586. The Kier molecular flexibility index (Phi) is 9.28. The summed E-state index contributed by atoms with van der Waals surface area (Å²) in [4.78, 5) is 24.6. The zero-order chi connectivity index (χ0) is 20.4. The van der Waals surface area contributed by atoms with E-state index in [4.69, 9.17) is 15.6 Å². The van der Waals surface area contributed by atoms with Crippen LogP contribution in [0.3, 0.4) is 0 Å². The van der Waals surface area contributed by atoms with E-state index >= 15 is 0 Å². The molecule has 0 heterocycles. The number of unbranched alkanes of at least 4 members (excludes halogenated alkanes) is 4. The predicted octanol–water partition coefficient (Wildman–Crippen LogP) is 4.24. The lowest BCUT2D eigenvalue weighted by Crippen LogP contribution is -2.40. The van der Waals surface area contributed by atoms with E-state index in [1.54, 1.807) is 45.0 Å². The van der Waals surface area contributed by atoms with Gasteiger partial charge in [0.2, 0.25) is 0 Å². The highest BCUT2D eigenvalue weighted by molar-refractivity contribution is 7.85.